The largest absolute Gasteiger partial charge is 0.481 e. The summed E-state index contributed by atoms with van der Waals surface area (Å²) in [4.78, 5) is 21.8. The summed E-state index contributed by atoms with van der Waals surface area (Å²) in [5, 5.41) is 18.3. The highest BCUT2D eigenvalue weighted by molar-refractivity contribution is 6.29. The highest BCUT2D eigenvalue weighted by Crippen LogP contribution is 2.42. The molecule has 1 rings (SSSR count). The average molecular weight is 219 g/mol. The van der Waals surface area contributed by atoms with E-state index in [9.17, 15) is 9.59 Å². The molecular weight excluding hydrogens is 208 g/mol. The summed E-state index contributed by atoms with van der Waals surface area (Å²) in [6, 6.07) is 0. The topological polar surface area (TPSA) is 74.6 Å². The Morgan fingerprint density at radius 2 is 2.14 bits per heavy atom. The lowest BCUT2D eigenvalue weighted by atomic mass is 9.70. The highest BCUT2D eigenvalue weighted by Gasteiger charge is 2.47. The van der Waals surface area contributed by atoms with Crippen molar-refractivity contribution >= 4 is 23.5 Å². The molecule has 0 fully saturated rings. The van der Waals surface area contributed by atoms with Crippen molar-refractivity contribution in [1.82, 2.24) is 0 Å². The van der Waals surface area contributed by atoms with Gasteiger partial charge in [0.25, 0.3) is 0 Å². The monoisotopic (exact) mass is 218 g/mol. The van der Waals surface area contributed by atoms with Gasteiger partial charge in [0.15, 0.2) is 0 Å². The molecule has 5 heteroatoms. The Labute approximate surface area is 86.2 Å². The van der Waals surface area contributed by atoms with E-state index in [4.69, 9.17) is 21.8 Å². The first-order chi connectivity index (χ1) is 6.38. The fourth-order valence-electron chi connectivity index (χ4n) is 1.65. The highest BCUT2D eigenvalue weighted by atomic mass is 35.5. The van der Waals surface area contributed by atoms with E-state index in [1.807, 2.05) is 0 Å². The number of carbonyl (C=O) groups is 2. The third-order valence-corrected chi connectivity index (χ3v) is 2.95. The van der Waals surface area contributed by atoms with Crippen molar-refractivity contribution in [2.75, 3.05) is 0 Å². The molecule has 0 radical (unpaired) electrons. The number of allylic oxidation sites excluding steroid dienone is 2. The molecule has 0 aromatic rings. The maximum Gasteiger partial charge on any atom is 0.310 e. The minimum absolute atomic E-state index is 0.0842. The van der Waals surface area contributed by atoms with Crippen LogP contribution in [-0.2, 0) is 9.59 Å². The molecule has 0 spiro atoms. The van der Waals surface area contributed by atoms with Crippen LogP contribution in [0.4, 0.5) is 0 Å². The molecule has 1 aliphatic carbocycles. The number of hydrogen-bond acceptors (Lipinski definition) is 2. The third-order valence-electron chi connectivity index (χ3n) is 2.67. The zero-order valence-electron chi connectivity index (χ0n) is 7.66. The molecule has 0 aliphatic heterocycles. The number of rotatable bonds is 2. The zero-order valence-corrected chi connectivity index (χ0v) is 8.41. The maximum atomic E-state index is 11.0. The van der Waals surface area contributed by atoms with Crippen LogP contribution >= 0.6 is 11.6 Å². The van der Waals surface area contributed by atoms with Crippen molar-refractivity contribution in [2.24, 2.45) is 11.3 Å². The Hall–Kier alpha value is -1.03. The molecule has 4 nitrogen and oxygen atoms in total. The second-order valence-corrected chi connectivity index (χ2v) is 4.16. The van der Waals surface area contributed by atoms with E-state index in [2.05, 4.69) is 0 Å². The minimum atomic E-state index is -1.29. The predicted octanol–water partition coefficient (Wildman–Crippen LogP) is 1.69. The second-order valence-electron chi connectivity index (χ2n) is 3.68. The normalized spacial score (nSPS) is 32.1. The van der Waals surface area contributed by atoms with E-state index >= 15 is 0 Å². The molecule has 14 heavy (non-hydrogen) atoms. The van der Waals surface area contributed by atoms with E-state index < -0.39 is 23.3 Å². The van der Waals surface area contributed by atoms with Gasteiger partial charge in [-0.25, -0.2) is 0 Å². The van der Waals surface area contributed by atoms with Crippen molar-refractivity contribution in [3.05, 3.63) is 11.1 Å². The lowest BCUT2D eigenvalue weighted by Crippen LogP contribution is -2.41. The van der Waals surface area contributed by atoms with Crippen molar-refractivity contribution in [1.29, 1.82) is 0 Å². The molecule has 0 bridgehead atoms. The van der Waals surface area contributed by atoms with Gasteiger partial charge in [0, 0.05) is 5.03 Å². The first-order valence-corrected chi connectivity index (χ1v) is 4.56. The Bertz CT molecular complexity index is 310. The van der Waals surface area contributed by atoms with E-state index in [-0.39, 0.29) is 12.8 Å². The molecule has 0 amide bonds. The Balaban J connectivity index is 3.06. The Kier molecular flexibility index (Phi) is 2.85. The lowest BCUT2D eigenvalue weighted by molar-refractivity contribution is -0.161. The fourth-order valence-corrected chi connectivity index (χ4v) is 2.02. The Morgan fingerprint density at radius 1 is 1.57 bits per heavy atom. The van der Waals surface area contributed by atoms with Gasteiger partial charge in [-0.3, -0.25) is 9.59 Å². The molecule has 2 unspecified atom stereocenters. The van der Waals surface area contributed by atoms with E-state index in [0.29, 0.717) is 5.03 Å². The van der Waals surface area contributed by atoms with Gasteiger partial charge >= 0.3 is 11.9 Å². The predicted molar refractivity (Wildman–Crippen MR) is 50.0 cm³/mol. The number of hydrogen-bond donors (Lipinski definition) is 2. The van der Waals surface area contributed by atoms with Crippen LogP contribution in [0, 0.1) is 11.3 Å². The van der Waals surface area contributed by atoms with Crippen molar-refractivity contribution in [3.63, 3.8) is 0 Å². The number of carboxylic acid groups (broad SMARTS) is 2. The van der Waals surface area contributed by atoms with Crippen LogP contribution in [-0.4, -0.2) is 22.2 Å². The van der Waals surface area contributed by atoms with Gasteiger partial charge in [0.2, 0.25) is 0 Å². The zero-order chi connectivity index (χ0) is 10.9. The summed E-state index contributed by atoms with van der Waals surface area (Å²) in [7, 11) is 0. The van der Waals surface area contributed by atoms with Crippen LogP contribution in [0.5, 0.6) is 0 Å². The summed E-state index contributed by atoms with van der Waals surface area (Å²) in [5.74, 6) is -3.10. The molecule has 0 heterocycles. The van der Waals surface area contributed by atoms with Gasteiger partial charge in [0.1, 0.15) is 0 Å². The average Bonchev–Trinajstić information content (AvgIpc) is 2.02. The molecule has 0 saturated heterocycles. The van der Waals surface area contributed by atoms with E-state index in [1.54, 1.807) is 6.08 Å². The van der Waals surface area contributed by atoms with Crippen LogP contribution in [0.25, 0.3) is 0 Å². The maximum absolute atomic E-state index is 11.0. The third kappa shape index (κ3) is 1.75. The summed E-state index contributed by atoms with van der Waals surface area (Å²) in [6.07, 6.45) is 1.84. The molecule has 0 aromatic heterocycles. The number of halogens is 1. The van der Waals surface area contributed by atoms with Crippen LogP contribution in [0.3, 0.4) is 0 Å². The summed E-state index contributed by atoms with van der Waals surface area (Å²) in [6.45, 7) is 1.42. The number of carboxylic acids is 2. The quantitative estimate of drug-likeness (QED) is 0.740. The SMILES string of the molecule is CC1(C(=O)O)CC(Cl)=CCC1C(=O)O. The van der Waals surface area contributed by atoms with Gasteiger partial charge in [0.05, 0.1) is 11.3 Å². The number of aliphatic carboxylic acids is 2. The molecule has 78 valence electrons. The molecular formula is C9H11ClO4. The first kappa shape index (κ1) is 11.0. The molecule has 0 saturated carbocycles. The van der Waals surface area contributed by atoms with Gasteiger partial charge < -0.3 is 10.2 Å². The molecule has 2 N–H and O–H groups in total. The first-order valence-electron chi connectivity index (χ1n) is 4.18. The summed E-state index contributed by atoms with van der Waals surface area (Å²) in [5.41, 5.74) is -1.29. The van der Waals surface area contributed by atoms with E-state index in [0.717, 1.165) is 0 Å². The van der Waals surface area contributed by atoms with Crippen LogP contribution in [0.2, 0.25) is 0 Å². The molecule has 1 aliphatic rings. The van der Waals surface area contributed by atoms with Crippen molar-refractivity contribution in [2.45, 2.75) is 19.8 Å². The van der Waals surface area contributed by atoms with Gasteiger partial charge in [-0.05, 0) is 19.8 Å². The molecule has 0 aromatic carbocycles. The van der Waals surface area contributed by atoms with Gasteiger partial charge in [-0.1, -0.05) is 17.7 Å². The lowest BCUT2D eigenvalue weighted by Gasteiger charge is -2.33. The summed E-state index contributed by atoms with van der Waals surface area (Å²) >= 11 is 5.72. The smallest absolute Gasteiger partial charge is 0.310 e. The van der Waals surface area contributed by atoms with Crippen LogP contribution in [0.1, 0.15) is 19.8 Å². The van der Waals surface area contributed by atoms with Crippen molar-refractivity contribution in [3.8, 4) is 0 Å². The Morgan fingerprint density at radius 3 is 2.57 bits per heavy atom. The summed E-state index contributed by atoms with van der Waals surface area (Å²) < 4.78 is 0. The van der Waals surface area contributed by atoms with Crippen LogP contribution in [0.15, 0.2) is 11.1 Å². The van der Waals surface area contributed by atoms with E-state index in [1.165, 1.54) is 6.92 Å². The standard InChI is InChI=1S/C9H11ClO4/c1-9(8(13)14)4-5(10)2-3-6(9)7(11)12/h2,6H,3-4H2,1H3,(H,11,12)(H,13,14). The molecule has 2 atom stereocenters. The van der Waals surface area contributed by atoms with Gasteiger partial charge in [-0.2, -0.15) is 0 Å². The van der Waals surface area contributed by atoms with Gasteiger partial charge in [-0.15, -0.1) is 0 Å². The van der Waals surface area contributed by atoms with Crippen LogP contribution < -0.4 is 0 Å². The minimum Gasteiger partial charge on any atom is -0.481 e. The fraction of sp³-hybridized carbons (Fsp3) is 0.556. The van der Waals surface area contributed by atoms with Crippen molar-refractivity contribution < 1.29 is 19.8 Å². The second kappa shape index (κ2) is 3.61.